The number of amides is 1. The first-order chi connectivity index (χ1) is 12.7. The van der Waals surface area contributed by atoms with Gasteiger partial charge in [0.1, 0.15) is 11.5 Å². The molecule has 1 aliphatic heterocycles. The highest BCUT2D eigenvalue weighted by Gasteiger charge is 2.36. The van der Waals surface area contributed by atoms with Crippen LogP contribution >= 0.6 is 0 Å². The monoisotopic (exact) mass is 355 g/mol. The van der Waals surface area contributed by atoms with Crippen LogP contribution in [0.2, 0.25) is 0 Å². The van der Waals surface area contributed by atoms with Crippen LogP contribution in [0.4, 0.5) is 4.79 Å². The molecule has 1 saturated heterocycles. The highest BCUT2D eigenvalue weighted by Crippen LogP contribution is 2.37. The standard InChI is InChI=1S/C21H25NO4/c1-3-13-24-17-9-5-15(6-10-17)19-20(26-21(23)22-19)16-7-11-18(12-8-16)25-14-4-2/h5-12,19-20H,3-4,13-14H2,1-2H3,(H,22,23). The molecule has 1 N–H and O–H groups in total. The molecule has 1 amide bonds. The van der Waals surface area contributed by atoms with Gasteiger partial charge in [-0.2, -0.15) is 0 Å². The molecule has 2 aromatic carbocycles. The first-order valence-electron chi connectivity index (χ1n) is 9.14. The molecule has 138 valence electrons. The van der Waals surface area contributed by atoms with Gasteiger partial charge in [0.2, 0.25) is 0 Å². The van der Waals surface area contributed by atoms with E-state index in [2.05, 4.69) is 19.2 Å². The number of ether oxygens (including phenoxy) is 3. The fourth-order valence-corrected chi connectivity index (χ4v) is 2.90. The first kappa shape index (κ1) is 18.1. The van der Waals surface area contributed by atoms with E-state index in [0.29, 0.717) is 13.2 Å². The summed E-state index contributed by atoms with van der Waals surface area (Å²) in [6.07, 6.45) is 1.16. The molecule has 0 aromatic heterocycles. The Kier molecular flexibility index (Phi) is 6.00. The van der Waals surface area contributed by atoms with Crippen LogP contribution in [0.1, 0.15) is 50.0 Å². The zero-order valence-corrected chi connectivity index (χ0v) is 15.2. The van der Waals surface area contributed by atoms with Crippen LogP contribution in [0.5, 0.6) is 11.5 Å². The van der Waals surface area contributed by atoms with Crippen molar-refractivity contribution in [2.24, 2.45) is 0 Å². The summed E-state index contributed by atoms with van der Waals surface area (Å²) < 4.78 is 16.7. The molecule has 5 nitrogen and oxygen atoms in total. The molecule has 5 heteroatoms. The normalized spacial score (nSPS) is 18.9. The van der Waals surface area contributed by atoms with Gasteiger partial charge in [-0.15, -0.1) is 0 Å². The fourth-order valence-electron chi connectivity index (χ4n) is 2.90. The Morgan fingerprint density at radius 2 is 1.35 bits per heavy atom. The summed E-state index contributed by atoms with van der Waals surface area (Å²) in [5.74, 6) is 1.65. The van der Waals surface area contributed by atoms with Gasteiger partial charge in [0.15, 0.2) is 6.10 Å². The molecular weight excluding hydrogens is 330 g/mol. The predicted molar refractivity (Wildman–Crippen MR) is 99.6 cm³/mol. The lowest BCUT2D eigenvalue weighted by Gasteiger charge is -2.18. The van der Waals surface area contributed by atoms with Crippen LogP contribution < -0.4 is 14.8 Å². The summed E-state index contributed by atoms with van der Waals surface area (Å²) >= 11 is 0. The minimum Gasteiger partial charge on any atom is -0.494 e. The lowest BCUT2D eigenvalue weighted by molar-refractivity contribution is 0.132. The van der Waals surface area contributed by atoms with Gasteiger partial charge in [-0.3, -0.25) is 0 Å². The average Bonchev–Trinajstić information content (AvgIpc) is 3.07. The zero-order valence-electron chi connectivity index (χ0n) is 15.2. The van der Waals surface area contributed by atoms with Crippen molar-refractivity contribution in [2.45, 2.75) is 38.8 Å². The number of benzene rings is 2. The van der Waals surface area contributed by atoms with Crippen molar-refractivity contribution in [2.75, 3.05) is 13.2 Å². The SMILES string of the molecule is CCCOc1ccc(C2NC(=O)OC2c2ccc(OCCC)cc2)cc1. The molecule has 1 aliphatic rings. The highest BCUT2D eigenvalue weighted by atomic mass is 16.6. The fraction of sp³-hybridized carbons (Fsp3) is 0.381. The van der Waals surface area contributed by atoms with Crippen molar-refractivity contribution < 1.29 is 19.0 Å². The summed E-state index contributed by atoms with van der Waals surface area (Å²) in [5.41, 5.74) is 1.92. The second-order valence-corrected chi connectivity index (χ2v) is 6.28. The number of hydrogen-bond donors (Lipinski definition) is 1. The van der Waals surface area contributed by atoms with Crippen molar-refractivity contribution in [3.8, 4) is 11.5 Å². The maximum Gasteiger partial charge on any atom is 0.408 e. The van der Waals surface area contributed by atoms with E-state index < -0.39 is 6.09 Å². The van der Waals surface area contributed by atoms with Crippen molar-refractivity contribution >= 4 is 6.09 Å². The van der Waals surface area contributed by atoms with E-state index in [4.69, 9.17) is 14.2 Å². The summed E-state index contributed by atoms with van der Waals surface area (Å²) in [6, 6.07) is 15.3. The molecule has 3 rings (SSSR count). The minimum absolute atomic E-state index is 0.231. The van der Waals surface area contributed by atoms with Gasteiger partial charge in [0.05, 0.1) is 19.3 Å². The van der Waals surface area contributed by atoms with E-state index in [0.717, 1.165) is 35.5 Å². The third kappa shape index (κ3) is 4.28. The molecule has 0 spiro atoms. The number of alkyl carbamates (subject to hydrolysis) is 1. The number of carbonyl (C=O) groups is 1. The molecule has 2 atom stereocenters. The van der Waals surface area contributed by atoms with Gasteiger partial charge in [-0.1, -0.05) is 38.1 Å². The second-order valence-electron chi connectivity index (χ2n) is 6.28. The predicted octanol–water partition coefficient (Wildman–Crippen LogP) is 4.79. The lowest BCUT2D eigenvalue weighted by atomic mass is 9.96. The Morgan fingerprint density at radius 1 is 0.846 bits per heavy atom. The van der Waals surface area contributed by atoms with Crippen molar-refractivity contribution in [3.05, 3.63) is 59.7 Å². The largest absolute Gasteiger partial charge is 0.494 e. The maximum atomic E-state index is 11.8. The van der Waals surface area contributed by atoms with Crippen molar-refractivity contribution in [3.63, 3.8) is 0 Å². The Labute approximate surface area is 154 Å². The smallest absolute Gasteiger partial charge is 0.408 e. The van der Waals surface area contributed by atoms with Gasteiger partial charge in [0.25, 0.3) is 0 Å². The van der Waals surface area contributed by atoms with Crippen LogP contribution in [0.15, 0.2) is 48.5 Å². The quantitative estimate of drug-likeness (QED) is 0.740. The van der Waals surface area contributed by atoms with Crippen LogP contribution in [-0.4, -0.2) is 19.3 Å². The average molecular weight is 355 g/mol. The summed E-state index contributed by atoms with van der Waals surface area (Å²) in [6.45, 7) is 5.52. The molecule has 0 radical (unpaired) electrons. The second kappa shape index (κ2) is 8.61. The minimum atomic E-state index is -0.405. The Balaban J connectivity index is 1.75. The van der Waals surface area contributed by atoms with Gasteiger partial charge >= 0.3 is 6.09 Å². The molecule has 0 aliphatic carbocycles. The molecular formula is C21H25NO4. The highest BCUT2D eigenvalue weighted by molar-refractivity contribution is 5.71. The van der Waals surface area contributed by atoms with Crippen LogP contribution in [0.25, 0.3) is 0 Å². The number of hydrogen-bond acceptors (Lipinski definition) is 4. The van der Waals surface area contributed by atoms with Crippen molar-refractivity contribution in [1.29, 1.82) is 0 Å². The van der Waals surface area contributed by atoms with E-state index in [1.807, 2.05) is 48.5 Å². The Bertz CT molecular complexity index is 650. The molecule has 1 heterocycles. The zero-order chi connectivity index (χ0) is 18.4. The van der Waals surface area contributed by atoms with Crippen LogP contribution in [-0.2, 0) is 4.74 Å². The molecule has 26 heavy (non-hydrogen) atoms. The summed E-state index contributed by atoms with van der Waals surface area (Å²) in [5, 5.41) is 2.90. The third-order valence-corrected chi connectivity index (χ3v) is 4.20. The van der Waals surface area contributed by atoms with Gasteiger partial charge in [0, 0.05) is 0 Å². The summed E-state index contributed by atoms with van der Waals surface area (Å²) in [7, 11) is 0. The van der Waals surface area contributed by atoms with E-state index in [1.54, 1.807) is 0 Å². The van der Waals surface area contributed by atoms with Gasteiger partial charge < -0.3 is 19.5 Å². The topological polar surface area (TPSA) is 56.8 Å². The van der Waals surface area contributed by atoms with Crippen LogP contribution in [0, 0.1) is 0 Å². The maximum absolute atomic E-state index is 11.8. The van der Waals surface area contributed by atoms with Crippen molar-refractivity contribution in [1.82, 2.24) is 5.32 Å². The summed E-state index contributed by atoms with van der Waals surface area (Å²) in [4.78, 5) is 11.8. The third-order valence-electron chi connectivity index (χ3n) is 4.20. The first-order valence-corrected chi connectivity index (χ1v) is 9.14. The number of rotatable bonds is 8. The molecule has 1 fully saturated rings. The van der Waals surface area contributed by atoms with Gasteiger partial charge in [-0.05, 0) is 48.2 Å². The molecule has 2 aromatic rings. The Morgan fingerprint density at radius 3 is 1.85 bits per heavy atom. The number of nitrogens with one attached hydrogen (secondary N) is 1. The van der Waals surface area contributed by atoms with E-state index >= 15 is 0 Å². The molecule has 0 bridgehead atoms. The van der Waals surface area contributed by atoms with Gasteiger partial charge in [-0.25, -0.2) is 4.79 Å². The lowest BCUT2D eigenvalue weighted by Crippen LogP contribution is -2.19. The molecule has 2 unspecified atom stereocenters. The van der Waals surface area contributed by atoms with E-state index in [-0.39, 0.29) is 12.1 Å². The number of carbonyl (C=O) groups excluding carboxylic acids is 1. The molecule has 0 saturated carbocycles. The van der Waals surface area contributed by atoms with E-state index in [9.17, 15) is 4.79 Å². The van der Waals surface area contributed by atoms with E-state index in [1.165, 1.54) is 0 Å². The van der Waals surface area contributed by atoms with Crippen LogP contribution in [0.3, 0.4) is 0 Å². The Hall–Kier alpha value is -2.69. The number of cyclic esters (lactones) is 1.